The summed E-state index contributed by atoms with van der Waals surface area (Å²) in [4.78, 5) is 4.39. The van der Waals surface area contributed by atoms with E-state index in [9.17, 15) is 0 Å². The first-order valence-corrected chi connectivity index (χ1v) is 6.42. The maximum Gasteiger partial charge on any atom is 0.0397 e. The number of nitrogens with zero attached hydrogens (tertiary/aromatic N) is 1. The van der Waals surface area contributed by atoms with E-state index < -0.39 is 0 Å². The maximum absolute atomic E-state index is 4.39. The van der Waals surface area contributed by atoms with Gasteiger partial charge in [0.05, 0.1) is 0 Å². The largest absolute Gasteiger partial charge is 0.293 e. The molecule has 0 bridgehead atoms. The van der Waals surface area contributed by atoms with Crippen LogP contribution in [-0.4, -0.2) is 12.8 Å². The van der Waals surface area contributed by atoms with Gasteiger partial charge in [0, 0.05) is 12.8 Å². The number of hydrogen-bond acceptors (Lipinski definition) is 1. The highest BCUT2D eigenvalue weighted by atomic mass is 14.7. The van der Waals surface area contributed by atoms with Gasteiger partial charge in [-0.3, -0.25) is 4.99 Å². The minimum atomic E-state index is 0.0967. The van der Waals surface area contributed by atoms with Gasteiger partial charge in [0.15, 0.2) is 0 Å². The third-order valence-electron chi connectivity index (χ3n) is 3.26. The molecule has 0 rings (SSSR count). The van der Waals surface area contributed by atoms with Crippen LogP contribution in [0.5, 0.6) is 0 Å². The Balaban J connectivity index is 3.99. The van der Waals surface area contributed by atoms with E-state index in [-0.39, 0.29) is 5.41 Å². The average molecular weight is 233 g/mol. The fraction of sp³-hybridized carbons (Fsp3) is 0.562. The van der Waals surface area contributed by atoms with Crippen LogP contribution in [0.4, 0.5) is 0 Å². The van der Waals surface area contributed by atoms with Crippen molar-refractivity contribution in [3.8, 4) is 0 Å². The van der Waals surface area contributed by atoms with Crippen molar-refractivity contribution in [1.82, 2.24) is 0 Å². The summed E-state index contributed by atoms with van der Waals surface area (Å²) in [5, 5.41) is 0. The monoisotopic (exact) mass is 233 g/mol. The molecule has 0 saturated heterocycles. The Bertz CT molecular complexity index is 295. The van der Waals surface area contributed by atoms with E-state index in [1.165, 1.54) is 6.42 Å². The van der Waals surface area contributed by atoms with Crippen LogP contribution in [0.1, 0.15) is 40.5 Å². The molecule has 0 amide bonds. The van der Waals surface area contributed by atoms with E-state index in [2.05, 4.69) is 51.9 Å². The molecule has 1 atom stereocenters. The molecule has 0 aliphatic heterocycles. The van der Waals surface area contributed by atoms with Crippen molar-refractivity contribution < 1.29 is 0 Å². The van der Waals surface area contributed by atoms with Crippen LogP contribution in [0.2, 0.25) is 0 Å². The minimum absolute atomic E-state index is 0.0967. The minimum Gasteiger partial charge on any atom is -0.293 e. The molecule has 17 heavy (non-hydrogen) atoms. The van der Waals surface area contributed by atoms with Crippen LogP contribution < -0.4 is 0 Å². The zero-order valence-electron chi connectivity index (χ0n) is 11.9. The van der Waals surface area contributed by atoms with Crippen molar-refractivity contribution in [2.75, 3.05) is 6.54 Å². The molecule has 0 aromatic rings. The van der Waals surface area contributed by atoms with E-state index in [4.69, 9.17) is 0 Å². The Morgan fingerprint density at radius 2 is 2.06 bits per heavy atom. The lowest BCUT2D eigenvalue weighted by Crippen LogP contribution is -2.14. The molecule has 0 radical (unpaired) electrons. The highest BCUT2D eigenvalue weighted by Gasteiger charge is 2.18. The molecule has 0 aromatic carbocycles. The molecule has 0 saturated carbocycles. The van der Waals surface area contributed by atoms with Crippen molar-refractivity contribution in [1.29, 1.82) is 0 Å². The fourth-order valence-electron chi connectivity index (χ4n) is 1.29. The number of rotatable bonds is 8. The molecule has 0 N–H and O–H groups in total. The zero-order chi connectivity index (χ0) is 13.3. The van der Waals surface area contributed by atoms with Gasteiger partial charge >= 0.3 is 0 Å². The summed E-state index contributed by atoms with van der Waals surface area (Å²) in [6.45, 7) is 17.4. The first kappa shape index (κ1) is 15.9. The van der Waals surface area contributed by atoms with E-state index in [0.29, 0.717) is 5.92 Å². The van der Waals surface area contributed by atoms with Gasteiger partial charge in [-0.25, -0.2) is 0 Å². The predicted molar refractivity (Wildman–Crippen MR) is 79.7 cm³/mol. The summed E-state index contributed by atoms with van der Waals surface area (Å²) in [6, 6.07) is 0. The van der Waals surface area contributed by atoms with Gasteiger partial charge in [-0.05, 0) is 23.8 Å². The van der Waals surface area contributed by atoms with Gasteiger partial charge in [0.1, 0.15) is 0 Å². The van der Waals surface area contributed by atoms with Gasteiger partial charge in [-0.2, -0.15) is 0 Å². The molecule has 0 aromatic heterocycles. The quantitative estimate of drug-likeness (QED) is 0.421. The first-order valence-electron chi connectivity index (χ1n) is 6.42. The molecule has 1 heteroatoms. The summed E-state index contributed by atoms with van der Waals surface area (Å²) in [5.41, 5.74) is 1.18. The Hall–Kier alpha value is -1.11. The molecule has 0 aliphatic carbocycles. The highest BCUT2D eigenvalue weighted by molar-refractivity contribution is 5.70. The normalized spacial score (nSPS) is 14.4. The molecule has 1 unspecified atom stereocenters. The van der Waals surface area contributed by atoms with Crippen LogP contribution in [-0.2, 0) is 0 Å². The molecular weight excluding hydrogens is 206 g/mol. The number of aliphatic imine (C=N–C) groups is 1. The summed E-state index contributed by atoms with van der Waals surface area (Å²) >= 11 is 0. The fourth-order valence-corrected chi connectivity index (χ4v) is 1.29. The second kappa shape index (κ2) is 8.05. The topological polar surface area (TPSA) is 12.4 Å². The van der Waals surface area contributed by atoms with E-state index >= 15 is 0 Å². The van der Waals surface area contributed by atoms with E-state index in [1.807, 2.05) is 18.4 Å². The van der Waals surface area contributed by atoms with Crippen molar-refractivity contribution >= 4 is 6.21 Å². The lowest BCUT2D eigenvalue weighted by Gasteiger charge is -2.24. The van der Waals surface area contributed by atoms with Crippen LogP contribution >= 0.6 is 0 Å². The Morgan fingerprint density at radius 1 is 1.41 bits per heavy atom. The maximum atomic E-state index is 4.39. The standard InChI is InChI=1S/C16H27N/c1-7-14(3)10-9-12-17-13-11-16(5,6)15(4)8-2/h8-10,12,14H,2,4,7,11,13H2,1,3,5-6H3/b10-9-,17-12?. The first-order chi connectivity index (χ1) is 7.94. The number of allylic oxidation sites excluding steroid dienone is 4. The van der Waals surface area contributed by atoms with Gasteiger partial charge in [-0.1, -0.05) is 65.0 Å². The van der Waals surface area contributed by atoms with Crippen LogP contribution in [0.15, 0.2) is 42.0 Å². The molecule has 0 spiro atoms. The predicted octanol–water partition coefficient (Wildman–Crippen LogP) is 4.82. The molecule has 96 valence electrons. The van der Waals surface area contributed by atoms with Gasteiger partial charge in [-0.15, -0.1) is 0 Å². The second-order valence-corrected chi connectivity index (χ2v) is 5.19. The summed E-state index contributed by atoms with van der Waals surface area (Å²) < 4.78 is 0. The Kier molecular flexibility index (Phi) is 7.53. The van der Waals surface area contributed by atoms with Crippen LogP contribution in [0.3, 0.4) is 0 Å². The summed E-state index contributed by atoms with van der Waals surface area (Å²) in [6.07, 6.45) is 10.2. The van der Waals surface area contributed by atoms with Gasteiger partial charge in [0.25, 0.3) is 0 Å². The van der Waals surface area contributed by atoms with Gasteiger partial charge < -0.3 is 0 Å². The Labute approximate surface area is 107 Å². The third kappa shape index (κ3) is 6.93. The Morgan fingerprint density at radius 3 is 2.59 bits per heavy atom. The van der Waals surface area contributed by atoms with Crippen molar-refractivity contribution in [2.45, 2.75) is 40.5 Å². The highest BCUT2D eigenvalue weighted by Crippen LogP contribution is 2.29. The van der Waals surface area contributed by atoms with Crippen molar-refractivity contribution in [3.63, 3.8) is 0 Å². The molecule has 1 nitrogen and oxygen atoms in total. The van der Waals surface area contributed by atoms with E-state index in [1.54, 1.807) is 0 Å². The van der Waals surface area contributed by atoms with Crippen LogP contribution in [0.25, 0.3) is 0 Å². The second-order valence-electron chi connectivity index (χ2n) is 5.19. The summed E-state index contributed by atoms with van der Waals surface area (Å²) in [7, 11) is 0. The third-order valence-corrected chi connectivity index (χ3v) is 3.26. The lowest BCUT2D eigenvalue weighted by atomic mass is 9.82. The van der Waals surface area contributed by atoms with E-state index in [0.717, 1.165) is 18.5 Å². The SMILES string of the molecule is C=CC(=C)C(C)(C)CCN=C/C=C\C(C)CC. The molecular formula is C16H27N. The summed E-state index contributed by atoms with van der Waals surface area (Å²) in [5.74, 6) is 0.637. The molecule has 0 fully saturated rings. The van der Waals surface area contributed by atoms with Crippen LogP contribution in [0, 0.1) is 11.3 Å². The van der Waals surface area contributed by atoms with Gasteiger partial charge in [0.2, 0.25) is 0 Å². The number of hydrogen-bond donors (Lipinski definition) is 0. The molecule has 0 aliphatic rings. The zero-order valence-corrected chi connectivity index (χ0v) is 11.9. The smallest absolute Gasteiger partial charge is 0.0397 e. The van der Waals surface area contributed by atoms with Crippen molar-refractivity contribution in [3.05, 3.63) is 37.0 Å². The van der Waals surface area contributed by atoms with Crippen molar-refractivity contribution in [2.24, 2.45) is 16.3 Å². The molecule has 0 heterocycles. The average Bonchev–Trinajstić information content (AvgIpc) is 2.31. The lowest BCUT2D eigenvalue weighted by molar-refractivity contribution is 0.427.